The molecule has 0 saturated heterocycles. The van der Waals surface area contributed by atoms with E-state index in [1.165, 1.54) is 20.3 Å². The second kappa shape index (κ2) is 6.22. The zero-order valence-corrected chi connectivity index (χ0v) is 13.6. The van der Waals surface area contributed by atoms with Gasteiger partial charge >= 0.3 is 5.97 Å². The molecule has 1 saturated carbocycles. The highest BCUT2D eigenvalue weighted by molar-refractivity contribution is 9.10. The van der Waals surface area contributed by atoms with E-state index in [1.807, 2.05) is 0 Å². The Morgan fingerprint density at radius 2 is 1.90 bits per heavy atom. The number of hydrogen-bond acceptors (Lipinski definition) is 3. The van der Waals surface area contributed by atoms with Crippen molar-refractivity contribution in [2.24, 2.45) is 0 Å². The van der Waals surface area contributed by atoms with Gasteiger partial charge in [-0.05, 0) is 28.8 Å². The summed E-state index contributed by atoms with van der Waals surface area (Å²) in [7, 11) is 2.84. The molecule has 0 heterocycles. The van der Waals surface area contributed by atoms with Gasteiger partial charge in [0, 0.05) is 11.6 Å². The summed E-state index contributed by atoms with van der Waals surface area (Å²) in [6, 6.07) is 1.20. The quantitative estimate of drug-likeness (QED) is 0.884. The maximum absolute atomic E-state index is 14.2. The van der Waals surface area contributed by atoms with Crippen LogP contribution >= 0.6 is 15.9 Å². The molecule has 0 amide bonds. The van der Waals surface area contributed by atoms with Crippen molar-refractivity contribution in [1.82, 2.24) is 0 Å². The highest BCUT2D eigenvalue weighted by Gasteiger charge is 2.46. The largest absolute Gasteiger partial charge is 0.493 e. The van der Waals surface area contributed by atoms with Gasteiger partial charge in [-0.25, -0.2) is 4.39 Å². The summed E-state index contributed by atoms with van der Waals surface area (Å²) in [6.07, 6.45) is 3.50. The summed E-state index contributed by atoms with van der Waals surface area (Å²) in [4.78, 5) is 12.0. The number of aliphatic carboxylic acids is 1. The van der Waals surface area contributed by atoms with E-state index in [0.717, 1.165) is 19.3 Å². The average Bonchev–Trinajstić information content (AvgIpc) is 2.49. The lowest BCUT2D eigenvalue weighted by atomic mass is 9.69. The molecule has 0 spiro atoms. The smallest absolute Gasteiger partial charge is 0.314 e. The summed E-state index contributed by atoms with van der Waals surface area (Å²) in [5, 5.41) is 9.80. The van der Waals surface area contributed by atoms with Crippen molar-refractivity contribution in [3.8, 4) is 11.5 Å². The van der Waals surface area contributed by atoms with Gasteiger partial charge in [0.05, 0.1) is 24.1 Å². The molecule has 1 aliphatic rings. The first-order valence-corrected chi connectivity index (χ1v) is 7.61. The zero-order chi connectivity index (χ0) is 15.6. The molecule has 116 valence electrons. The molecule has 1 fully saturated rings. The van der Waals surface area contributed by atoms with Crippen LogP contribution < -0.4 is 9.47 Å². The number of carbonyl (C=O) groups is 1. The van der Waals surface area contributed by atoms with Gasteiger partial charge in [0.1, 0.15) is 5.82 Å². The second-order valence-electron chi connectivity index (χ2n) is 5.23. The Hall–Kier alpha value is -1.30. The number of carboxylic acids is 1. The molecule has 4 nitrogen and oxygen atoms in total. The van der Waals surface area contributed by atoms with Gasteiger partial charge in [-0.2, -0.15) is 0 Å². The fourth-order valence-corrected chi connectivity index (χ4v) is 3.77. The van der Waals surface area contributed by atoms with Crippen molar-refractivity contribution in [2.75, 3.05) is 14.2 Å². The first-order valence-electron chi connectivity index (χ1n) is 6.81. The first-order chi connectivity index (χ1) is 9.97. The van der Waals surface area contributed by atoms with Crippen LogP contribution in [-0.2, 0) is 10.2 Å². The Labute approximate surface area is 131 Å². The Morgan fingerprint density at radius 1 is 1.29 bits per heavy atom. The Bertz CT molecular complexity index is 553. The summed E-state index contributed by atoms with van der Waals surface area (Å²) in [5.74, 6) is -1.00. The summed E-state index contributed by atoms with van der Waals surface area (Å²) in [6.45, 7) is 0. The van der Waals surface area contributed by atoms with Crippen LogP contribution in [0.25, 0.3) is 0 Å². The number of hydrogen-bond donors (Lipinski definition) is 1. The molecule has 0 radical (unpaired) electrons. The second-order valence-corrected chi connectivity index (χ2v) is 6.02. The first kappa shape index (κ1) is 16.1. The van der Waals surface area contributed by atoms with E-state index < -0.39 is 17.2 Å². The molecule has 0 aliphatic heterocycles. The maximum atomic E-state index is 14.2. The van der Waals surface area contributed by atoms with Gasteiger partial charge in [-0.15, -0.1) is 0 Å². The van der Waals surface area contributed by atoms with Crippen LogP contribution in [0.1, 0.15) is 37.7 Å². The van der Waals surface area contributed by atoms with Crippen LogP contribution in [0, 0.1) is 5.82 Å². The highest BCUT2D eigenvalue weighted by atomic mass is 79.9. The van der Waals surface area contributed by atoms with Crippen molar-refractivity contribution in [3.63, 3.8) is 0 Å². The molecular formula is C15H18BrFO4. The lowest BCUT2D eigenvalue weighted by Crippen LogP contribution is -2.38. The summed E-state index contributed by atoms with van der Waals surface area (Å²) in [5.41, 5.74) is -0.799. The lowest BCUT2D eigenvalue weighted by molar-refractivity contribution is -0.145. The monoisotopic (exact) mass is 360 g/mol. The molecule has 1 N–H and O–H groups in total. The van der Waals surface area contributed by atoms with Crippen molar-refractivity contribution < 1.29 is 23.8 Å². The van der Waals surface area contributed by atoms with Gasteiger partial charge in [-0.3, -0.25) is 4.79 Å². The van der Waals surface area contributed by atoms with E-state index in [2.05, 4.69) is 15.9 Å². The normalized spacial score (nSPS) is 17.3. The predicted molar refractivity (Wildman–Crippen MR) is 79.6 cm³/mol. The molecule has 21 heavy (non-hydrogen) atoms. The average molecular weight is 361 g/mol. The third kappa shape index (κ3) is 2.61. The summed E-state index contributed by atoms with van der Waals surface area (Å²) >= 11 is 3.20. The Kier molecular flexibility index (Phi) is 4.76. The van der Waals surface area contributed by atoms with Crippen LogP contribution in [0.4, 0.5) is 4.39 Å². The topological polar surface area (TPSA) is 55.8 Å². The zero-order valence-electron chi connectivity index (χ0n) is 12.0. The van der Waals surface area contributed by atoms with Crippen molar-refractivity contribution in [3.05, 3.63) is 21.9 Å². The number of ether oxygens (including phenoxy) is 2. The fourth-order valence-electron chi connectivity index (χ4n) is 3.09. The van der Waals surface area contributed by atoms with Crippen LogP contribution in [0.3, 0.4) is 0 Å². The Balaban J connectivity index is 2.75. The minimum absolute atomic E-state index is 0.143. The van der Waals surface area contributed by atoms with E-state index in [9.17, 15) is 14.3 Å². The van der Waals surface area contributed by atoms with E-state index >= 15 is 0 Å². The van der Waals surface area contributed by atoms with E-state index in [4.69, 9.17) is 9.47 Å². The number of benzene rings is 1. The minimum Gasteiger partial charge on any atom is -0.493 e. The number of carboxylic acid groups (broad SMARTS) is 1. The van der Waals surface area contributed by atoms with Gasteiger partial charge in [0.15, 0.2) is 11.5 Å². The standard InChI is InChI=1S/C15H18BrFO4/c1-20-10-8-9(17)12(16)11(13(10)21-2)15(14(18)19)6-4-3-5-7-15/h8H,3-7H2,1-2H3,(H,18,19). The molecule has 6 heteroatoms. The van der Waals surface area contributed by atoms with Crippen LogP contribution in [-0.4, -0.2) is 25.3 Å². The third-order valence-corrected chi connectivity index (χ3v) is 4.93. The molecule has 2 rings (SSSR count). The van der Waals surface area contributed by atoms with Crippen LogP contribution in [0.5, 0.6) is 11.5 Å². The van der Waals surface area contributed by atoms with Gasteiger partial charge in [-0.1, -0.05) is 19.3 Å². The number of methoxy groups -OCH3 is 2. The number of halogens is 2. The highest BCUT2D eigenvalue weighted by Crippen LogP contribution is 2.50. The van der Waals surface area contributed by atoms with Gasteiger partial charge in [0.2, 0.25) is 0 Å². The number of rotatable bonds is 4. The molecule has 0 atom stereocenters. The molecule has 0 unspecified atom stereocenters. The van der Waals surface area contributed by atoms with E-state index in [1.54, 1.807) is 0 Å². The van der Waals surface area contributed by atoms with Crippen molar-refractivity contribution in [1.29, 1.82) is 0 Å². The summed E-state index contributed by atoms with van der Waals surface area (Å²) < 4.78 is 24.8. The predicted octanol–water partition coefficient (Wildman–Crippen LogP) is 3.89. The third-order valence-electron chi connectivity index (χ3n) is 4.16. The van der Waals surface area contributed by atoms with Crippen LogP contribution in [0.2, 0.25) is 0 Å². The fraction of sp³-hybridized carbons (Fsp3) is 0.533. The minimum atomic E-state index is -1.14. The Morgan fingerprint density at radius 3 is 2.38 bits per heavy atom. The molecule has 1 aromatic carbocycles. The van der Waals surface area contributed by atoms with Gasteiger partial charge in [0.25, 0.3) is 0 Å². The molecular weight excluding hydrogens is 343 g/mol. The van der Waals surface area contributed by atoms with Crippen molar-refractivity contribution >= 4 is 21.9 Å². The molecule has 0 bridgehead atoms. The maximum Gasteiger partial charge on any atom is 0.314 e. The molecule has 1 aliphatic carbocycles. The van der Waals surface area contributed by atoms with Crippen LogP contribution in [0.15, 0.2) is 10.5 Å². The SMILES string of the molecule is COc1cc(F)c(Br)c(C2(C(=O)O)CCCCC2)c1OC. The lowest BCUT2D eigenvalue weighted by Gasteiger charge is -2.35. The van der Waals surface area contributed by atoms with E-state index in [-0.39, 0.29) is 16.0 Å². The van der Waals surface area contributed by atoms with E-state index in [0.29, 0.717) is 18.4 Å². The van der Waals surface area contributed by atoms with Crippen molar-refractivity contribution in [2.45, 2.75) is 37.5 Å². The molecule has 1 aromatic rings. The van der Waals surface area contributed by atoms with Gasteiger partial charge < -0.3 is 14.6 Å². The molecule has 0 aromatic heterocycles.